The van der Waals surface area contributed by atoms with E-state index in [-0.39, 0.29) is 11.8 Å². The molecular weight excluding hydrogens is 264 g/mol. The highest BCUT2D eigenvalue weighted by Gasteiger charge is 2.49. The van der Waals surface area contributed by atoms with Crippen LogP contribution in [0.1, 0.15) is 35.3 Å². The molecule has 3 rings (SSSR count). The van der Waals surface area contributed by atoms with Crippen LogP contribution in [0.3, 0.4) is 0 Å². The number of fused-ring (bicyclic) bond motifs is 1. The normalized spacial score (nSPS) is 29.5. The first-order valence-corrected chi connectivity index (χ1v) is 7.38. The van der Waals surface area contributed by atoms with E-state index in [4.69, 9.17) is 0 Å². The van der Waals surface area contributed by atoms with Crippen molar-refractivity contribution in [3.63, 3.8) is 0 Å². The summed E-state index contributed by atoms with van der Waals surface area (Å²) in [6.07, 6.45) is 3.05. The minimum absolute atomic E-state index is 0.133. The molecule has 5 nitrogen and oxygen atoms in total. The maximum Gasteiger partial charge on any atom is 0.326 e. The maximum atomic E-state index is 12.5. The highest BCUT2D eigenvalue weighted by molar-refractivity contribution is 7.03. The van der Waals surface area contributed by atoms with Crippen LogP contribution in [0.4, 0.5) is 0 Å². The number of aliphatic carboxylic acids is 1. The highest BCUT2D eigenvalue weighted by Crippen LogP contribution is 2.42. The lowest BCUT2D eigenvalue weighted by atomic mass is 9.94. The van der Waals surface area contributed by atoms with Gasteiger partial charge in [-0.05, 0) is 43.1 Å². The van der Waals surface area contributed by atoms with Crippen molar-refractivity contribution in [2.45, 2.75) is 32.2 Å². The molecule has 1 saturated carbocycles. The second-order valence-corrected chi connectivity index (χ2v) is 6.04. The first-order chi connectivity index (χ1) is 9.09. The van der Waals surface area contributed by atoms with Crippen molar-refractivity contribution in [1.29, 1.82) is 0 Å². The predicted molar refractivity (Wildman–Crippen MR) is 70.1 cm³/mol. The number of hydrogen-bond acceptors (Lipinski definition) is 4. The average Bonchev–Trinajstić information content (AvgIpc) is 3.00. The number of carboxylic acid groups (broad SMARTS) is 1. The number of amides is 1. The Morgan fingerprint density at radius 3 is 2.89 bits per heavy atom. The van der Waals surface area contributed by atoms with Gasteiger partial charge in [-0.3, -0.25) is 4.79 Å². The Labute approximate surface area is 115 Å². The molecule has 1 saturated heterocycles. The van der Waals surface area contributed by atoms with E-state index >= 15 is 0 Å². The number of carbonyl (C=O) groups is 2. The fourth-order valence-electron chi connectivity index (χ4n) is 3.48. The molecule has 6 heteroatoms. The molecule has 1 aliphatic heterocycles. The number of carbonyl (C=O) groups excluding carboxylic acids is 1. The van der Waals surface area contributed by atoms with Crippen molar-refractivity contribution < 1.29 is 14.7 Å². The van der Waals surface area contributed by atoms with Crippen LogP contribution in [0.5, 0.6) is 0 Å². The number of rotatable bonds is 2. The zero-order chi connectivity index (χ0) is 13.6. The van der Waals surface area contributed by atoms with Gasteiger partial charge in [0.1, 0.15) is 6.04 Å². The van der Waals surface area contributed by atoms with Gasteiger partial charge in [-0.1, -0.05) is 6.42 Å². The Morgan fingerprint density at radius 2 is 2.26 bits per heavy atom. The molecule has 1 aromatic heterocycles. The summed E-state index contributed by atoms with van der Waals surface area (Å²) in [4.78, 5) is 25.6. The molecule has 3 atom stereocenters. The van der Waals surface area contributed by atoms with Gasteiger partial charge in [-0.15, -0.1) is 0 Å². The minimum atomic E-state index is -0.872. The maximum absolute atomic E-state index is 12.5. The molecule has 0 spiro atoms. The molecule has 2 aliphatic rings. The molecule has 0 aromatic carbocycles. The summed E-state index contributed by atoms with van der Waals surface area (Å²) in [5, 5.41) is 11.2. The Hall–Kier alpha value is -1.43. The largest absolute Gasteiger partial charge is 0.480 e. The van der Waals surface area contributed by atoms with Crippen molar-refractivity contribution in [2.24, 2.45) is 11.8 Å². The van der Waals surface area contributed by atoms with Crippen LogP contribution in [0.2, 0.25) is 0 Å². The summed E-state index contributed by atoms with van der Waals surface area (Å²) in [6.45, 7) is 2.37. The Morgan fingerprint density at radius 1 is 1.47 bits per heavy atom. The molecule has 2 fully saturated rings. The smallest absolute Gasteiger partial charge is 0.326 e. The van der Waals surface area contributed by atoms with Crippen LogP contribution >= 0.6 is 11.5 Å². The van der Waals surface area contributed by atoms with Gasteiger partial charge in [0, 0.05) is 11.9 Å². The fraction of sp³-hybridized carbons (Fsp3) is 0.615. The summed E-state index contributed by atoms with van der Waals surface area (Å²) in [5.74, 6) is -0.554. The number of hydrogen-bond donors (Lipinski definition) is 1. The molecular formula is C13H16N2O3S. The van der Waals surface area contributed by atoms with Crippen molar-refractivity contribution >= 4 is 23.4 Å². The van der Waals surface area contributed by atoms with E-state index in [1.165, 1.54) is 11.5 Å². The van der Waals surface area contributed by atoms with Crippen molar-refractivity contribution in [3.05, 3.63) is 16.6 Å². The molecule has 1 N–H and O–H groups in total. The zero-order valence-electron chi connectivity index (χ0n) is 10.7. The molecule has 0 radical (unpaired) electrons. The van der Waals surface area contributed by atoms with Crippen molar-refractivity contribution in [3.8, 4) is 0 Å². The summed E-state index contributed by atoms with van der Waals surface area (Å²) in [7, 11) is 0. The van der Waals surface area contributed by atoms with Gasteiger partial charge in [-0.2, -0.15) is 4.37 Å². The summed E-state index contributed by atoms with van der Waals surface area (Å²) in [6, 6.07) is -0.653. The summed E-state index contributed by atoms with van der Waals surface area (Å²) in [5.41, 5.74) is 1.24. The number of nitrogens with zero attached hydrogens (tertiary/aromatic N) is 2. The third-order valence-electron chi connectivity index (χ3n) is 4.38. The monoisotopic (exact) mass is 280 g/mol. The molecule has 2 heterocycles. The molecule has 19 heavy (non-hydrogen) atoms. The third-order valence-corrected chi connectivity index (χ3v) is 5.11. The van der Waals surface area contributed by atoms with Crippen LogP contribution in [-0.2, 0) is 4.79 Å². The Bertz CT molecular complexity index is 528. The van der Waals surface area contributed by atoms with E-state index in [9.17, 15) is 14.7 Å². The van der Waals surface area contributed by atoms with Gasteiger partial charge >= 0.3 is 5.97 Å². The molecule has 1 amide bonds. The standard InChI is InChI=1S/C13H16N2O3S/c1-7-10(6-19-14-7)12(16)15-5-8-3-2-4-9(8)11(15)13(17)18/h6,8-9,11H,2-5H2,1H3,(H,17,18)/t8-,9-,11-/m0/s1. The SMILES string of the molecule is Cc1nscc1C(=O)N1C[C@@H]2CCC[C@@H]2[C@H]1C(=O)O. The van der Waals surface area contributed by atoms with E-state index in [1.807, 2.05) is 0 Å². The van der Waals surface area contributed by atoms with Crippen molar-refractivity contribution in [1.82, 2.24) is 9.27 Å². The van der Waals surface area contributed by atoms with Gasteiger partial charge in [0.25, 0.3) is 5.91 Å². The van der Waals surface area contributed by atoms with E-state index in [2.05, 4.69) is 4.37 Å². The molecule has 1 aromatic rings. The van der Waals surface area contributed by atoms with Gasteiger partial charge < -0.3 is 10.0 Å². The van der Waals surface area contributed by atoms with Crippen LogP contribution in [0, 0.1) is 18.8 Å². The molecule has 1 aliphatic carbocycles. The van der Waals surface area contributed by atoms with Gasteiger partial charge in [0.15, 0.2) is 0 Å². The summed E-state index contributed by atoms with van der Waals surface area (Å²) < 4.78 is 4.10. The average molecular weight is 280 g/mol. The lowest BCUT2D eigenvalue weighted by molar-refractivity contribution is -0.142. The Balaban J connectivity index is 1.90. The van der Waals surface area contributed by atoms with Crippen LogP contribution < -0.4 is 0 Å². The van der Waals surface area contributed by atoms with Gasteiger partial charge in [0.2, 0.25) is 0 Å². The Kier molecular flexibility index (Phi) is 3.05. The lowest BCUT2D eigenvalue weighted by Crippen LogP contribution is -2.43. The predicted octanol–water partition coefficient (Wildman–Crippen LogP) is 1.78. The zero-order valence-corrected chi connectivity index (χ0v) is 11.5. The fourth-order valence-corrected chi connectivity index (χ4v) is 4.17. The number of aromatic nitrogens is 1. The second-order valence-electron chi connectivity index (χ2n) is 5.41. The van der Waals surface area contributed by atoms with Gasteiger partial charge in [0.05, 0.1) is 11.3 Å². The number of carboxylic acids is 1. The van der Waals surface area contributed by atoms with Crippen LogP contribution in [0.25, 0.3) is 0 Å². The van der Waals surface area contributed by atoms with Crippen molar-refractivity contribution in [2.75, 3.05) is 6.54 Å². The van der Waals surface area contributed by atoms with Crippen LogP contribution in [-0.4, -0.2) is 38.8 Å². The van der Waals surface area contributed by atoms with E-state index < -0.39 is 12.0 Å². The minimum Gasteiger partial charge on any atom is -0.480 e. The first-order valence-electron chi connectivity index (χ1n) is 6.54. The first kappa shape index (κ1) is 12.6. The lowest BCUT2D eigenvalue weighted by Gasteiger charge is -2.24. The summed E-state index contributed by atoms with van der Waals surface area (Å²) >= 11 is 1.24. The second kappa shape index (κ2) is 4.59. The van der Waals surface area contributed by atoms with Gasteiger partial charge in [-0.25, -0.2) is 4.79 Å². The molecule has 0 unspecified atom stereocenters. The van der Waals surface area contributed by atoms with E-state index in [1.54, 1.807) is 17.2 Å². The quantitative estimate of drug-likeness (QED) is 0.896. The van der Waals surface area contributed by atoms with E-state index in [0.29, 0.717) is 23.7 Å². The molecule has 0 bridgehead atoms. The topological polar surface area (TPSA) is 70.5 Å². The number of likely N-dealkylation sites (tertiary alicyclic amines) is 1. The van der Waals surface area contributed by atoms with Crippen LogP contribution in [0.15, 0.2) is 5.38 Å². The highest BCUT2D eigenvalue weighted by atomic mass is 32.1. The number of aryl methyl sites for hydroxylation is 1. The molecule has 102 valence electrons. The van der Waals surface area contributed by atoms with E-state index in [0.717, 1.165) is 19.3 Å². The third kappa shape index (κ3) is 1.94.